The van der Waals surface area contributed by atoms with Crippen LogP contribution in [-0.2, 0) is 22.3 Å². The Kier molecular flexibility index (Phi) is 5.32. The summed E-state index contributed by atoms with van der Waals surface area (Å²) >= 11 is 17.9. The van der Waals surface area contributed by atoms with Crippen molar-refractivity contribution in [3.05, 3.63) is 56.4 Å². The lowest BCUT2D eigenvalue weighted by Gasteiger charge is -2.07. The highest BCUT2D eigenvalue weighted by atomic mass is 35.5. The molecule has 1 N–H and O–H groups in total. The highest BCUT2D eigenvalue weighted by Gasteiger charge is 2.15. The van der Waals surface area contributed by atoms with Crippen LogP contribution in [0.1, 0.15) is 21.9 Å². The summed E-state index contributed by atoms with van der Waals surface area (Å²) in [6.45, 7) is 0. The third-order valence-corrected chi connectivity index (χ3v) is 5.03. The summed E-state index contributed by atoms with van der Waals surface area (Å²) in [5, 5.41) is 9.73. The van der Waals surface area contributed by atoms with Gasteiger partial charge < -0.3 is 9.52 Å². The molecule has 0 spiro atoms. The van der Waals surface area contributed by atoms with Crippen LogP contribution in [0.15, 0.2) is 28.7 Å². The van der Waals surface area contributed by atoms with Gasteiger partial charge in [-0.2, -0.15) is 0 Å². The Labute approximate surface area is 138 Å². The summed E-state index contributed by atoms with van der Waals surface area (Å²) in [7, 11) is -1.36. The van der Waals surface area contributed by atoms with Crippen molar-refractivity contribution >= 4 is 51.6 Å². The van der Waals surface area contributed by atoms with Gasteiger partial charge in [0.15, 0.2) is 0 Å². The highest BCUT2D eigenvalue weighted by molar-refractivity contribution is 7.83. The van der Waals surface area contributed by atoms with Crippen molar-refractivity contribution in [1.82, 2.24) is 0 Å². The van der Waals surface area contributed by atoms with Gasteiger partial charge in [0, 0.05) is 21.4 Å². The summed E-state index contributed by atoms with van der Waals surface area (Å²) in [6, 6.07) is 5.93. The predicted octanol–water partition coefficient (Wildman–Crippen LogP) is 4.39. The van der Waals surface area contributed by atoms with E-state index >= 15 is 0 Å². The molecule has 0 bridgehead atoms. The fraction of sp³-hybridized carbons (Fsp3) is 0.154. The Morgan fingerprint density at radius 3 is 2.38 bits per heavy atom. The van der Waals surface area contributed by atoms with Gasteiger partial charge in [-0.05, 0) is 24.3 Å². The maximum Gasteiger partial charge on any atom is 0.371 e. The van der Waals surface area contributed by atoms with Crippen molar-refractivity contribution in [2.75, 3.05) is 0 Å². The number of hydrogen-bond acceptors (Lipinski definition) is 3. The second-order valence-corrected chi connectivity index (χ2v) is 6.77. The molecule has 1 aromatic carbocycles. The quantitative estimate of drug-likeness (QED) is 0.796. The number of hydrogen-bond donors (Lipinski definition) is 1. The molecule has 112 valence electrons. The van der Waals surface area contributed by atoms with Crippen LogP contribution in [0.2, 0.25) is 15.1 Å². The van der Waals surface area contributed by atoms with Gasteiger partial charge in [-0.25, -0.2) is 4.79 Å². The molecule has 8 heteroatoms. The first-order valence-electron chi connectivity index (χ1n) is 5.68. The van der Waals surface area contributed by atoms with Gasteiger partial charge >= 0.3 is 5.97 Å². The molecule has 4 nitrogen and oxygen atoms in total. The topological polar surface area (TPSA) is 67.5 Å². The van der Waals surface area contributed by atoms with Crippen molar-refractivity contribution in [3.63, 3.8) is 0 Å². The van der Waals surface area contributed by atoms with E-state index in [0.717, 1.165) is 0 Å². The maximum atomic E-state index is 12.1. The summed E-state index contributed by atoms with van der Waals surface area (Å²) in [5.41, 5.74) is 0.495. The lowest BCUT2D eigenvalue weighted by Crippen LogP contribution is -2.00. The first-order valence-corrected chi connectivity index (χ1v) is 8.30. The van der Waals surface area contributed by atoms with E-state index < -0.39 is 16.8 Å². The monoisotopic (exact) mass is 366 g/mol. The van der Waals surface area contributed by atoms with Crippen LogP contribution >= 0.6 is 34.8 Å². The highest BCUT2D eigenvalue weighted by Crippen LogP contribution is 2.32. The molecule has 2 rings (SSSR count). The number of halogens is 3. The van der Waals surface area contributed by atoms with Crippen molar-refractivity contribution in [2.45, 2.75) is 11.5 Å². The molecule has 0 radical (unpaired) electrons. The van der Waals surface area contributed by atoms with E-state index in [1.807, 2.05) is 0 Å². The number of aromatic carboxylic acids is 1. The molecular formula is C13H9Cl3O4S. The van der Waals surface area contributed by atoms with E-state index in [1.54, 1.807) is 12.1 Å². The number of carboxylic acid groups (broad SMARTS) is 1. The summed E-state index contributed by atoms with van der Waals surface area (Å²) in [4.78, 5) is 10.7. The van der Waals surface area contributed by atoms with Gasteiger partial charge in [-0.1, -0.05) is 34.8 Å². The van der Waals surface area contributed by atoms with Crippen LogP contribution in [0.4, 0.5) is 0 Å². The van der Waals surface area contributed by atoms with Gasteiger partial charge in [-0.3, -0.25) is 4.21 Å². The zero-order valence-corrected chi connectivity index (χ0v) is 13.5. The van der Waals surface area contributed by atoms with Gasteiger partial charge in [-0.15, -0.1) is 0 Å². The van der Waals surface area contributed by atoms with Gasteiger partial charge in [0.1, 0.15) is 5.76 Å². The first kappa shape index (κ1) is 16.4. The van der Waals surface area contributed by atoms with Crippen molar-refractivity contribution < 1.29 is 18.5 Å². The second kappa shape index (κ2) is 6.83. The van der Waals surface area contributed by atoms with E-state index in [2.05, 4.69) is 0 Å². The molecule has 1 aromatic heterocycles. The normalized spacial score (nSPS) is 12.3. The standard InChI is InChI=1S/C13H9Cl3O4S/c14-9-2-3-10(15)12(16)8(9)6-21(19)5-7-1-4-11(20-7)13(17)18/h1-4H,5-6H2,(H,17,18). The minimum absolute atomic E-state index is 0.0620. The van der Waals surface area contributed by atoms with E-state index in [-0.39, 0.29) is 22.3 Å². The zero-order valence-electron chi connectivity index (χ0n) is 10.4. The molecule has 0 saturated heterocycles. The summed E-state index contributed by atoms with van der Waals surface area (Å²) < 4.78 is 17.2. The van der Waals surface area contributed by atoms with Gasteiger partial charge in [0.2, 0.25) is 5.76 Å². The van der Waals surface area contributed by atoms with Crippen LogP contribution in [0.3, 0.4) is 0 Å². The van der Waals surface area contributed by atoms with Crippen LogP contribution in [-0.4, -0.2) is 15.3 Å². The van der Waals surface area contributed by atoms with E-state index in [0.29, 0.717) is 21.4 Å². The molecule has 1 heterocycles. The summed E-state index contributed by atoms with van der Waals surface area (Å²) in [5.74, 6) is -0.887. The van der Waals surface area contributed by atoms with Crippen molar-refractivity contribution in [2.24, 2.45) is 0 Å². The minimum atomic E-state index is -1.36. The van der Waals surface area contributed by atoms with E-state index in [9.17, 15) is 9.00 Å². The Bertz CT molecular complexity index is 711. The molecule has 0 saturated carbocycles. The molecule has 0 aliphatic carbocycles. The van der Waals surface area contributed by atoms with Crippen LogP contribution in [0.25, 0.3) is 0 Å². The van der Waals surface area contributed by atoms with Crippen LogP contribution < -0.4 is 0 Å². The average molecular weight is 368 g/mol. The fourth-order valence-corrected chi connectivity index (χ4v) is 3.68. The molecule has 0 amide bonds. The maximum absolute atomic E-state index is 12.1. The molecule has 1 atom stereocenters. The average Bonchev–Trinajstić information content (AvgIpc) is 2.88. The number of carbonyl (C=O) groups is 1. The molecule has 2 aromatic rings. The fourth-order valence-electron chi connectivity index (χ4n) is 1.64. The Hall–Kier alpha value is -1.01. The smallest absolute Gasteiger partial charge is 0.371 e. The molecule has 21 heavy (non-hydrogen) atoms. The van der Waals surface area contributed by atoms with Crippen molar-refractivity contribution in [3.8, 4) is 0 Å². The third-order valence-electron chi connectivity index (χ3n) is 2.62. The molecule has 0 aliphatic heterocycles. The lowest BCUT2D eigenvalue weighted by atomic mass is 10.2. The van der Waals surface area contributed by atoms with E-state index in [4.69, 9.17) is 44.3 Å². The largest absolute Gasteiger partial charge is 0.475 e. The van der Waals surface area contributed by atoms with Gasteiger partial charge in [0.05, 0.1) is 21.6 Å². The van der Waals surface area contributed by atoms with Crippen molar-refractivity contribution in [1.29, 1.82) is 0 Å². The lowest BCUT2D eigenvalue weighted by molar-refractivity contribution is 0.0661. The molecular weight excluding hydrogens is 359 g/mol. The van der Waals surface area contributed by atoms with Gasteiger partial charge in [0.25, 0.3) is 0 Å². The molecule has 0 aliphatic rings. The minimum Gasteiger partial charge on any atom is -0.475 e. The zero-order chi connectivity index (χ0) is 15.6. The van der Waals surface area contributed by atoms with Crippen LogP contribution in [0, 0.1) is 0 Å². The van der Waals surface area contributed by atoms with E-state index in [1.165, 1.54) is 12.1 Å². The number of benzene rings is 1. The number of rotatable bonds is 5. The SMILES string of the molecule is O=C(O)c1ccc(CS(=O)Cc2c(Cl)ccc(Cl)c2Cl)o1. The summed E-state index contributed by atoms with van der Waals surface area (Å²) in [6.07, 6.45) is 0. The Morgan fingerprint density at radius 1 is 1.10 bits per heavy atom. The number of furan rings is 1. The first-order chi connectivity index (χ1) is 9.88. The molecule has 1 unspecified atom stereocenters. The Balaban J connectivity index is 2.11. The number of carboxylic acids is 1. The molecule has 0 fully saturated rings. The Morgan fingerprint density at radius 2 is 1.76 bits per heavy atom. The third kappa shape index (κ3) is 4.01. The predicted molar refractivity (Wildman–Crippen MR) is 82.7 cm³/mol. The second-order valence-electron chi connectivity index (χ2n) is 4.12. The van der Waals surface area contributed by atoms with Crippen LogP contribution in [0.5, 0.6) is 0 Å².